The first kappa shape index (κ1) is 27.2. The van der Waals surface area contributed by atoms with Gasteiger partial charge in [-0.2, -0.15) is 12.7 Å². The van der Waals surface area contributed by atoms with Crippen LogP contribution in [0.3, 0.4) is 0 Å². The van der Waals surface area contributed by atoms with Gasteiger partial charge in [0.1, 0.15) is 11.3 Å². The zero-order valence-corrected chi connectivity index (χ0v) is 24.2. The van der Waals surface area contributed by atoms with E-state index in [-0.39, 0.29) is 19.5 Å². The molecule has 10 nitrogen and oxygen atoms in total. The van der Waals surface area contributed by atoms with Crippen LogP contribution in [-0.4, -0.2) is 52.4 Å². The SMILES string of the molecule is Cc1ccc2cc1CN1Cc3cc(ccc3N(C)S1(=O)=O)OCCCCn1nnc3c(C)c(ccc31)C2CC(=O)O. The van der Waals surface area contributed by atoms with Gasteiger partial charge in [-0.15, -0.1) is 5.10 Å². The first-order valence-electron chi connectivity index (χ1n) is 13.8. The molecule has 7 rings (SSSR count). The summed E-state index contributed by atoms with van der Waals surface area (Å²) in [6.45, 7) is 5.48. The molecule has 0 amide bonds. The predicted octanol–water partition coefficient (Wildman–Crippen LogP) is 4.52. The number of nitrogens with zero attached hydrogens (tertiary/aromatic N) is 5. The van der Waals surface area contributed by atoms with Crippen LogP contribution in [0.4, 0.5) is 5.69 Å². The van der Waals surface area contributed by atoms with E-state index in [0.29, 0.717) is 24.6 Å². The molecule has 0 aliphatic carbocycles. The molecule has 0 spiro atoms. The summed E-state index contributed by atoms with van der Waals surface area (Å²) in [6, 6.07) is 15.3. The molecule has 214 valence electrons. The van der Waals surface area contributed by atoms with Crippen molar-refractivity contribution in [1.82, 2.24) is 19.3 Å². The number of carbonyl (C=O) groups is 1. The van der Waals surface area contributed by atoms with E-state index >= 15 is 0 Å². The van der Waals surface area contributed by atoms with Crippen molar-refractivity contribution in [3.63, 3.8) is 0 Å². The molecule has 41 heavy (non-hydrogen) atoms. The zero-order valence-electron chi connectivity index (χ0n) is 23.4. The van der Waals surface area contributed by atoms with Gasteiger partial charge in [0.15, 0.2) is 0 Å². The lowest BCUT2D eigenvalue weighted by atomic mass is 9.84. The van der Waals surface area contributed by atoms with E-state index in [1.807, 2.05) is 61.0 Å². The van der Waals surface area contributed by atoms with Gasteiger partial charge in [0.2, 0.25) is 0 Å². The maximum atomic E-state index is 13.5. The fourth-order valence-electron chi connectivity index (χ4n) is 5.92. The smallest absolute Gasteiger partial charge is 0.304 e. The number of carboxylic acid groups (broad SMARTS) is 1. The van der Waals surface area contributed by atoms with Crippen LogP contribution in [0.2, 0.25) is 0 Å². The molecular formula is C30H33N5O5S. The molecule has 2 atom stereocenters. The summed E-state index contributed by atoms with van der Waals surface area (Å²) in [6.07, 6.45) is 1.54. The number of benzene rings is 3. The molecule has 1 N–H and O–H groups in total. The van der Waals surface area contributed by atoms with Crippen LogP contribution >= 0.6 is 0 Å². The van der Waals surface area contributed by atoms with Crippen molar-refractivity contribution in [2.75, 3.05) is 18.0 Å². The topological polar surface area (TPSA) is 118 Å². The molecule has 0 saturated heterocycles. The minimum atomic E-state index is -3.77. The third-order valence-corrected chi connectivity index (χ3v) is 10.1. The number of fused-ring (bicyclic) bond motifs is 5. The molecule has 3 aliphatic heterocycles. The normalized spacial score (nSPS) is 20.3. The van der Waals surface area contributed by atoms with E-state index < -0.39 is 22.1 Å². The lowest BCUT2D eigenvalue weighted by molar-refractivity contribution is -0.137. The van der Waals surface area contributed by atoms with Crippen molar-refractivity contribution in [1.29, 1.82) is 0 Å². The molecule has 0 radical (unpaired) electrons. The molecule has 4 aromatic rings. The summed E-state index contributed by atoms with van der Waals surface area (Å²) in [4.78, 5) is 12.1. The van der Waals surface area contributed by atoms with Crippen LogP contribution in [0.25, 0.3) is 11.0 Å². The Kier molecular flexibility index (Phi) is 6.95. The van der Waals surface area contributed by atoms with Crippen LogP contribution in [0, 0.1) is 13.8 Å². The van der Waals surface area contributed by atoms with E-state index in [4.69, 9.17) is 4.74 Å². The van der Waals surface area contributed by atoms with Crippen LogP contribution in [0.5, 0.6) is 5.75 Å². The van der Waals surface area contributed by atoms with Crippen LogP contribution in [0.15, 0.2) is 48.5 Å². The molecule has 1 aromatic heterocycles. The molecule has 0 fully saturated rings. The van der Waals surface area contributed by atoms with Crippen molar-refractivity contribution in [2.45, 2.75) is 58.7 Å². The maximum Gasteiger partial charge on any atom is 0.304 e. The molecule has 3 aliphatic rings. The van der Waals surface area contributed by atoms with Gasteiger partial charge in [0.25, 0.3) is 0 Å². The highest BCUT2D eigenvalue weighted by molar-refractivity contribution is 7.90. The second-order valence-electron chi connectivity index (χ2n) is 10.9. The third-order valence-electron chi connectivity index (χ3n) is 8.30. The molecule has 0 saturated carbocycles. The number of aliphatic carboxylic acids is 1. The Bertz CT molecular complexity index is 1770. The second kappa shape index (κ2) is 10.5. The number of hydrogen-bond acceptors (Lipinski definition) is 6. The summed E-state index contributed by atoms with van der Waals surface area (Å²) in [5.41, 5.74) is 7.51. The Morgan fingerprint density at radius 2 is 1.85 bits per heavy atom. The van der Waals surface area contributed by atoms with E-state index in [1.165, 1.54) is 8.61 Å². The largest absolute Gasteiger partial charge is 0.494 e. The number of rotatable bonds is 2. The molecule has 4 heterocycles. The second-order valence-corrected chi connectivity index (χ2v) is 12.8. The minimum absolute atomic E-state index is 0.107. The summed E-state index contributed by atoms with van der Waals surface area (Å²) < 4.78 is 37.8. The fourth-order valence-corrected chi connectivity index (χ4v) is 7.30. The number of aromatic nitrogens is 3. The van der Waals surface area contributed by atoms with Gasteiger partial charge in [0.05, 0.1) is 24.2 Å². The lowest BCUT2D eigenvalue weighted by Crippen LogP contribution is -2.45. The summed E-state index contributed by atoms with van der Waals surface area (Å²) in [5, 5.41) is 18.7. The highest BCUT2D eigenvalue weighted by atomic mass is 32.2. The number of aryl methyl sites for hydroxylation is 3. The first-order valence-corrected chi connectivity index (χ1v) is 15.2. The Morgan fingerprint density at radius 3 is 2.66 bits per heavy atom. The van der Waals surface area contributed by atoms with E-state index in [0.717, 1.165) is 57.3 Å². The average molecular weight is 576 g/mol. The van der Waals surface area contributed by atoms with Crippen LogP contribution in [-0.2, 0) is 34.6 Å². The summed E-state index contributed by atoms with van der Waals surface area (Å²) in [5.74, 6) is -0.646. The Labute approximate surface area is 239 Å². The van der Waals surface area contributed by atoms with Gasteiger partial charge in [-0.1, -0.05) is 29.5 Å². The van der Waals surface area contributed by atoms with Gasteiger partial charge in [-0.05, 0) is 84.3 Å². The summed E-state index contributed by atoms with van der Waals surface area (Å²) >= 11 is 0. The van der Waals surface area contributed by atoms with Crippen LogP contribution in [0.1, 0.15) is 58.6 Å². The van der Waals surface area contributed by atoms with Crippen molar-refractivity contribution < 1.29 is 23.1 Å². The Balaban J connectivity index is 1.49. The molecule has 3 aromatic carbocycles. The van der Waals surface area contributed by atoms with Gasteiger partial charge >= 0.3 is 16.2 Å². The van der Waals surface area contributed by atoms with Crippen molar-refractivity contribution >= 4 is 32.9 Å². The third kappa shape index (κ3) is 4.93. The highest BCUT2D eigenvalue weighted by Crippen LogP contribution is 2.37. The highest BCUT2D eigenvalue weighted by Gasteiger charge is 2.35. The maximum absolute atomic E-state index is 13.5. The first-order chi connectivity index (χ1) is 19.6. The summed E-state index contributed by atoms with van der Waals surface area (Å²) in [7, 11) is -2.20. The van der Waals surface area contributed by atoms with E-state index in [2.05, 4.69) is 10.3 Å². The average Bonchev–Trinajstić information content (AvgIpc) is 3.35. The number of hydrogen-bond donors (Lipinski definition) is 1. The fraction of sp³-hybridized carbons (Fsp3) is 0.367. The minimum Gasteiger partial charge on any atom is -0.494 e. The van der Waals surface area contributed by atoms with E-state index in [1.54, 1.807) is 13.1 Å². The quantitative estimate of drug-likeness (QED) is 0.373. The molecule has 9 bridgehead atoms. The zero-order chi connectivity index (χ0) is 28.9. The number of carboxylic acids is 1. The van der Waals surface area contributed by atoms with Crippen molar-refractivity contribution in [3.8, 4) is 5.75 Å². The van der Waals surface area contributed by atoms with Gasteiger partial charge in [0, 0.05) is 32.6 Å². The predicted molar refractivity (Wildman–Crippen MR) is 155 cm³/mol. The van der Waals surface area contributed by atoms with E-state index in [9.17, 15) is 18.3 Å². The number of anilines is 1. The molecular weight excluding hydrogens is 542 g/mol. The Morgan fingerprint density at radius 1 is 1.05 bits per heavy atom. The standard InChI is InChI=1S/C30H33N5O5S/c1-19-6-7-21-14-22(19)17-34-18-23-15-24(8-10-27(23)33(3)41(34,38)39)40-13-5-4-12-35-28-11-9-25(26(21)16-29(36)37)20(2)30(28)31-32-35/h6-11,14-15,26H,4-5,12-13,16-18H2,1-3H3,(H,36,37). The van der Waals surface area contributed by atoms with Gasteiger partial charge in [-0.3, -0.25) is 9.10 Å². The van der Waals surface area contributed by atoms with Crippen molar-refractivity contribution in [3.05, 3.63) is 81.9 Å². The van der Waals surface area contributed by atoms with Crippen LogP contribution < -0.4 is 9.04 Å². The van der Waals surface area contributed by atoms with Crippen molar-refractivity contribution in [2.24, 2.45) is 0 Å². The Hall–Kier alpha value is -3.96. The molecule has 11 heteroatoms. The monoisotopic (exact) mass is 575 g/mol. The van der Waals surface area contributed by atoms with Gasteiger partial charge < -0.3 is 9.84 Å². The van der Waals surface area contributed by atoms with Gasteiger partial charge in [-0.25, -0.2) is 4.68 Å². The number of ether oxygens (including phenoxy) is 1. The molecule has 2 unspecified atom stereocenters. The lowest BCUT2D eigenvalue weighted by Gasteiger charge is -2.35.